The molecule has 78 valence electrons. The molecule has 0 amide bonds. The van der Waals surface area contributed by atoms with Gasteiger partial charge in [0.05, 0.1) is 11.4 Å². The molecule has 1 aromatic rings. The Hall–Kier alpha value is -1.18. The van der Waals surface area contributed by atoms with E-state index in [4.69, 9.17) is 5.73 Å². The number of hydrogen-bond acceptors (Lipinski definition) is 2. The lowest BCUT2D eigenvalue weighted by Gasteiger charge is -2.28. The molecule has 2 heteroatoms. The molecule has 14 heavy (non-hydrogen) atoms. The van der Waals surface area contributed by atoms with Crippen molar-refractivity contribution in [3.8, 4) is 0 Å². The zero-order valence-electron chi connectivity index (χ0n) is 9.54. The van der Waals surface area contributed by atoms with Gasteiger partial charge in [-0.15, -0.1) is 0 Å². The first-order chi connectivity index (χ1) is 6.56. The second kappa shape index (κ2) is 4.36. The highest BCUT2D eigenvalue weighted by molar-refractivity contribution is 5.68. The average Bonchev–Trinajstić information content (AvgIpc) is 2.09. The van der Waals surface area contributed by atoms with Gasteiger partial charge in [0.25, 0.3) is 0 Å². The molecule has 0 heterocycles. The Morgan fingerprint density at radius 2 is 2.00 bits per heavy atom. The molecule has 0 radical (unpaired) electrons. The summed E-state index contributed by atoms with van der Waals surface area (Å²) in [6.07, 6.45) is 0. The number of rotatable bonds is 3. The number of anilines is 2. The molecule has 0 unspecified atom stereocenters. The summed E-state index contributed by atoms with van der Waals surface area (Å²) < 4.78 is 0. The predicted octanol–water partition coefficient (Wildman–Crippen LogP) is 2.81. The first-order valence-corrected chi connectivity index (χ1v) is 5.19. The summed E-state index contributed by atoms with van der Waals surface area (Å²) in [6, 6.07) is 6.73. The van der Waals surface area contributed by atoms with Crippen LogP contribution in [-0.4, -0.2) is 12.6 Å². The molecule has 0 aliphatic rings. The number of nitrogens with two attached hydrogens (primary N) is 1. The largest absolute Gasteiger partial charge is 0.397 e. The Morgan fingerprint density at radius 3 is 2.43 bits per heavy atom. The van der Waals surface area contributed by atoms with Crippen LogP contribution in [0.4, 0.5) is 11.4 Å². The van der Waals surface area contributed by atoms with Crippen LogP contribution in [0, 0.1) is 6.92 Å². The fourth-order valence-electron chi connectivity index (χ4n) is 1.75. The summed E-state index contributed by atoms with van der Waals surface area (Å²) in [4.78, 5) is 2.30. The van der Waals surface area contributed by atoms with Crippen LogP contribution in [-0.2, 0) is 0 Å². The zero-order chi connectivity index (χ0) is 10.7. The van der Waals surface area contributed by atoms with E-state index in [1.807, 2.05) is 6.07 Å². The van der Waals surface area contributed by atoms with E-state index >= 15 is 0 Å². The first-order valence-electron chi connectivity index (χ1n) is 5.19. The fourth-order valence-corrected chi connectivity index (χ4v) is 1.75. The minimum atomic E-state index is 0.491. The van der Waals surface area contributed by atoms with Gasteiger partial charge < -0.3 is 10.6 Å². The van der Waals surface area contributed by atoms with Crippen LogP contribution in [0.15, 0.2) is 18.2 Å². The third-order valence-corrected chi connectivity index (χ3v) is 2.46. The summed E-state index contributed by atoms with van der Waals surface area (Å²) in [5, 5.41) is 0. The Labute approximate surface area is 86.7 Å². The SMILES string of the molecule is CCN(c1ccc(C)cc1N)C(C)C. The van der Waals surface area contributed by atoms with Crippen LogP contribution in [0.2, 0.25) is 0 Å². The number of aryl methyl sites for hydroxylation is 1. The highest BCUT2D eigenvalue weighted by atomic mass is 15.2. The number of nitrogen functional groups attached to an aromatic ring is 1. The van der Waals surface area contributed by atoms with E-state index < -0.39 is 0 Å². The van der Waals surface area contributed by atoms with Gasteiger partial charge in [-0.3, -0.25) is 0 Å². The normalized spacial score (nSPS) is 10.6. The molecule has 0 atom stereocenters. The zero-order valence-corrected chi connectivity index (χ0v) is 9.54. The van der Waals surface area contributed by atoms with Crippen LogP contribution in [0.5, 0.6) is 0 Å². The standard InChI is InChI=1S/C12H20N2/c1-5-14(9(2)3)12-7-6-10(4)8-11(12)13/h6-9H,5,13H2,1-4H3. The molecule has 0 bridgehead atoms. The van der Waals surface area contributed by atoms with Crippen molar-refractivity contribution < 1.29 is 0 Å². The van der Waals surface area contributed by atoms with Crippen LogP contribution in [0.25, 0.3) is 0 Å². The van der Waals surface area contributed by atoms with Crippen LogP contribution in [0.3, 0.4) is 0 Å². The summed E-state index contributed by atoms with van der Waals surface area (Å²) in [5.74, 6) is 0. The predicted molar refractivity (Wildman–Crippen MR) is 63.7 cm³/mol. The monoisotopic (exact) mass is 192 g/mol. The Morgan fingerprint density at radius 1 is 1.36 bits per heavy atom. The van der Waals surface area contributed by atoms with Crippen molar-refractivity contribution in [3.63, 3.8) is 0 Å². The van der Waals surface area contributed by atoms with Crippen LogP contribution in [0.1, 0.15) is 26.3 Å². The molecule has 2 N–H and O–H groups in total. The number of benzene rings is 1. The Balaban J connectivity index is 3.04. The maximum Gasteiger partial charge on any atom is 0.0602 e. The average molecular weight is 192 g/mol. The van der Waals surface area contributed by atoms with Crippen molar-refractivity contribution >= 4 is 11.4 Å². The van der Waals surface area contributed by atoms with E-state index in [9.17, 15) is 0 Å². The second-order valence-electron chi connectivity index (χ2n) is 3.94. The maximum atomic E-state index is 5.99. The summed E-state index contributed by atoms with van der Waals surface area (Å²) >= 11 is 0. The van der Waals surface area contributed by atoms with Gasteiger partial charge in [-0.2, -0.15) is 0 Å². The topological polar surface area (TPSA) is 29.3 Å². The number of nitrogens with zero attached hydrogens (tertiary/aromatic N) is 1. The van der Waals surface area contributed by atoms with Gasteiger partial charge in [-0.25, -0.2) is 0 Å². The molecule has 0 aliphatic heterocycles. The third kappa shape index (κ3) is 2.19. The molecule has 1 rings (SSSR count). The third-order valence-electron chi connectivity index (χ3n) is 2.46. The molecule has 0 aliphatic carbocycles. The minimum absolute atomic E-state index is 0.491. The quantitative estimate of drug-likeness (QED) is 0.746. The van der Waals surface area contributed by atoms with E-state index in [1.54, 1.807) is 0 Å². The Kier molecular flexibility index (Phi) is 3.39. The summed E-state index contributed by atoms with van der Waals surface area (Å²) in [6.45, 7) is 9.57. The first kappa shape index (κ1) is 10.9. The maximum absolute atomic E-state index is 5.99. The smallest absolute Gasteiger partial charge is 0.0602 e. The van der Waals surface area contributed by atoms with Crippen LogP contribution < -0.4 is 10.6 Å². The lowest BCUT2D eigenvalue weighted by atomic mass is 10.1. The van der Waals surface area contributed by atoms with E-state index in [0.717, 1.165) is 17.9 Å². The van der Waals surface area contributed by atoms with Gasteiger partial charge in [0.2, 0.25) is 0 Å². The Bertz CT molecular complexity index is 305. The molecule has 0 saturated carbocycles. The van der Waals surface area contributed by atoms with Crippen molar-refractivity contribution in [2.45, 2.75) is 33.7 Å². The minimum Gasteiger partial charge on any atom is -0.397 e. The molecule has 0 spiro atoms. The summed E-state index contributed by atoms with van der Waals surface area (Å²) in [5.41, 5.74) is 9.23. The van der Waals surface area contributed by atoms with Gasteiger partial charge >= 0.3 is 0 Å². The lowest BCUT2D eigenvalue weighted by molar-refractivity contribution is 0.704. The van der Waals surface area contributed by atoms with Crippen molar-refractivity contribution in [2.24, 2.45) is 0 Å². The molecular weight excluding hydrogens is 172 g/mol. The van der Waals surface area contributed by atoms with Gasteiger partial charge in [0.1, 0.15) is 0 Å². The van der Waals surface area contributed by atoms with Crippen molar-refractivity contribution in [3.05, 3.63) is 23.8 Å². The van der Waals surface area contributed by atoms with E-state index in [1.165, 1.54) is 5.56 Å². The summed E-state index contributed by atoms with van der Waals surface area (Å²) in [7, 11) is 0. The molecule has 0 fully saturated rings. The van der Waals surface area contributed by atoms with Gasteiger partial charge in [0.15, 0.2) is 0 Å². The molecular formula is C12H20N2. The molecule has 0 saturated heterocycles. The molecule has 0 aromatic heterocycles. The molecule has 1 aromatic carbocycles. The lowest BCUT2D eigenvalue weighted by Crippen LogP contribution is -2.30. The fraction of sp³-hybridized carbons (Fsp3) is 0.500. The van der Waals surface area contributed by atoms with Gasteiger partial charge in [-0.1, -0.05) is 6.07 Å². The highest BCUT2D eigenvalue weighted by Crippen LogP contribution is 2.25. The van der Waals surface area contributed by atoms with Gasteiger partial charge in [0, 0.05) is 12.6 Å². The number of hydrogen-bond donors (Lipinski definition) is 1. The van der Waals surface area contributed by atoms with Crippen LogP contribution >= 0.6 is 0 Å². The second-order valence-corrected chi connectivity index (χ2v) is 3.94. The van der Waals surface area contributed by atoms with Gasteiger partial charge in [-0.05, 0) is 45.4 Å². The van der Waals surface area contributed by atoms with Crippen molar-refractivity contribution in [2.75, 3.05) is 17.2 Å². The van der Waals surface area contributed by atoms with E-state index in [-0.39, 0.29) is 0 Å². The van der Waals surface area contributed by atoms with Crippen molar-refractivity contribution in [1.82, 2.24) is 0 Å². The van der Waals surface area contributed by atoms with E-state index in [0.29, 0.717) is 6.04 Å². The molecule has 2 nitrogen and oxygen atoms in total. The highest BCUT2D eigenvalue weighted by Gasteiger charge is 2.10. The van der Waals surface area contributed by atoms with E-state index in [2.05, 4.69) is 44.7 Å². The van der Waals surface area contributed by atoms with Crippen molar-refractivity contribution in [1.29, 1.82) is 0 Å².